The highest BCUT2D eigenvalue weighted by atomic mass is 16.6. The molecule has 0 bridgehead atoms. The van der Waals surface area contributed by atoms with Gasteiger partial charge < -0.3 is 14.2 Å². The van der Waals surface area contributed by atoms with Crippen LogP contribution in [0.4, 0.5) is 0 Å². The predicted molar refractivity (Wildman–Crippen MR) is 101 cm³/mol. The first-order chi connectivity index (χ1) is 12.7. The van der Waals surface area contributed by atoms with Gasteiger partial charge in [-0.15, -0.1) is 0 Å². The van der Waals surface area contributed by atoms with E-state index < -0.39 is 17.9 Å². The van der Waals surface area contributed by atoms with Gasteiger partial charge in [-0.1, -0.05) is 56.0 Å². The molecule has 1 rings (SSSR count). The van der Waals surface area contributed by atoms with Crippen molar-refractivity contribution < 1.29 is 23.8 Å². The van der Waals surface area contributed by atoms with Gasteiger partial charge in [0.05, 0.1) is 19.8 Å². The molecule has 0 heterocycles. The Morgan fingerprint density at radius 3 is 2.04 bits per heavy atom. The lowest BCUT2D eigenvalue weighted by Crippen LogP contribution is -2.28. The van der Waals surface area contributed by atoms with Crippen LogP contribution in [0.5, 0.6) is 0 Å². The van der Waals surface area contributed by atoms with Gasteiger partial charge in [0.2, 0.25) is 0 Å². The minimum absolute atomic E-state index is 0.276. The highest BCUT2D eigenvalue weighted by Gasteiger charge is 2.28. The molecule has 0 aliphatic carbocycles. The van der Waals surface area contributed by atoms with Crippen LogP contribution in [-0.4, -0.2) is 31.8 Å². The van der Waals surface area contributed by atoms with Gasteiger partial charge in [0, 0.05) is 6.61 Å². The molecule has 0 saturated heterocycles. The fraction of sp³-hybridized carbons (Fsp3) is 0.619. The van der Waals surface area contributed by atoms with E-state index in [9.17, 15) is 9.59 Å². The molecule has 0 aliphatic rings. The third-order valence-corrected chi connectivity index (χ3v) is 4.04. The molecule has 0 radical (unpaired) electrons. The minimum atomic E-state index is -0.788. The predicted octanol–water partition coefficient (Wildman–Crippen LogP) is 4.29. The lowest BCUT2D eigenvalue weighted by molar-refractivity contribution is -0.161. The number of hydrogen-bond acceptors (Lipinski definition) is 5. The molecule has 0 saturated carbocycles. The highest BCUT2D eigenvalue weighted by molar-refractivity contribution is 5.94. The van der Waals surface area contributed by atoms with Crippen molar-refractivity contribution in [3.8, 4) is 0 Å². The number of esters is 2. The number of carbonyl (C=O) groups is 2. The molecule has 1 aromatic carbocycles. The standard InChI is InChI=1S/C21H32O5/c1-3-25-20(22)19(21(23)26-4-2)15-11-6-5-7-12-16-24-17-18-13-9-8-10-14-18/h8-10,13-14,19H,3-7,11-12,15-17H2,1-2H3. The molecule has 0 N–H and O–H groups in total. The van der Waals surface area contributed by atoms with Crippen molar-refractivity contribution >= 4 is 11.9 Å². The maximum Gasteiger partial charge on any atom is 0.320 e. The lowest BCUT2D eigenvalue weighted by Gasteiger charge is -2.14. The first-order valence-corrected chi connectivity index (χ1v) is 9.64. The van der Waals surface area contributed by atoms with Gasteiger partial charge in [0.1, 0.15) is 0 Å². The zero-order valence-electron chi connectivity index (χ0n) is 16.1. The molecule has 0 amide bonds. The summed E-state index contributed by atoms with van der Waals surface area (Å²) >= 11 is 0. The summed E-state index contributed by atoms with van der Waals surface area (Å²) in [5.74, 6) is -1.73. The van der Waals surface area contributed by atoms with Crippen LogP contribution in [0.2, 0.25) is 0 Å². The topological polar surface area (TPSA) is 61.8 Å². The molecule has 5 heteroatoms. The van der Waals surface area contributed by atoms with Crippen molar-refractivity contribution in [2.75, 3.05) is 19.8 Å². The van der Waals surface area contributed by atoms with Crippen LogP contribution in [-0.2, 0) is 30.4 Å². The summed E-state index contributed by atoms with van der Waals surface area (Å²) in [5.41, 5.74) is 1.19. The summed E-state index contributed by atoms with van der Waals surface area (Å²) in [6.07, 6.45) is 5.45. The molecule has 5 nitrogen and oxygen atoms in total. The minimum Gasteiger partial charge on any atom is -0.465 e. The monoisotopic (exact) mass is 364 g/mol. The third-order valence-electron chi connectivity index (χ3n) is 4.04. The Morgan fingerprint density at radius 1 is 0.846 bits per heavy atom. The zero-order valence-corrected chi connectivity index (χ0v) is 16.1. The number of ether oxygens (including phenoxy) is 3. The molecule has 0 fully saturated rings. The number of carbonyl (C=O) groups excluding carboxylic acids is 2. The average Bonchev–Trinajstić information content (AvgIpc) is 2.64. The molecule has 0 spiro atoms. The van der Waals surface area contributed by atoms with Gasteiger partial charge in [-0.25, -0.2) is 0 Å². The fourth-order valence-corrected chi connectivity index (χ4v) is 2.66. The molecule has 146 valence electrons. The third kappa shape index (κ3) is 9.56. The quantitative estimate of drug-likeness (QED) is 0.280. The van der Waals surface area contributed by atoms with Crippen LogP contribution in [0.1, 0.15) is 57.9 Å². The maximum absolute atomic E-state index is 11.9. The molecule has 1 aromatic rings. The van der Waals surface area contributed by atoms with E-state index in [0.29, 0.717) is 13.0 Å². The van der Waals surface area contributed by atoms with Gasteiger partial charge in [-0.3, -0.25) is 9.59 Å². The fourth-order valence-electron chi connectivity index (χ4n) is 2.66. The Bertz CT molecular complexity index is 482. The van der Waals surface area contributed by atoms with Crippen molar-refractivity contribution in [2.24, 2.45) is 5.92 Å². The molecular formula is C21H32O5. The van der Waals surface area contributed by atoms with Crippen molar-refractivity contribution in [3.63, 3.8) is 0 Å². The van der Waals surface area contributed by atoms with Crippen LogP contribution in [0.15, 0.2) is 30.3 Å². The summed E-state index contributed by atoms with van der Waals surface area (Å²) < 4.78 is 15.6. The number of unbranched alkanes of at least 4 members (excludes halogenated alkanes) is 4. The highest BCUT2D eigenvalue weighted by Crippen LogP contribution is 2.15. The number of benzene rings is 1. The van der Waals surface area contributed by atoms with Crippen molar-refractivity contribution in [2.45, 2.75) is 59.0 Å². The number of hydrogen-bond donors (Lipinski definition) is 0. The molecule has 0 atom stereocenters. The number of rotatable bonds is 14. The van der Waals surface area contributed by atoms with E-state index in [4.69, 9.17) is 14.2 Å². The van der Waals surface area contributed by atoms with E-state index in [-0.39, 0.29) is 13.2 Å². The van der Waals surface area contributed by atoms with E-state index in [1.165, 1.54) is 5.56 Å². The molecule has 26 heavy (non-hydrogen) atoms. The van der Waals surface area contributed by atoms with Gasteiger partial charge in [-0.05, 0) is 32.3 Å². The van der Waals surface area contributed by atoms with Gasteiger partial charge >= 0.3 is 11.9 Å². The molecule has 0 aromatic heterocycles. The zero-order chi connectivity index (χ0) is 19.0. The van der Waals surface area contributed by atoms with Crippen molar-refractivity contribution in [1.82, 2.24) is 0 Å². The van der Waals surface area contributed by atoms with Crippen molar-refractivity contribution in [3.05, 3.63) is 35.9 Å². The lowest BCUT2D eigenvalue weighted by atomic mass is 10.0. The van der Waals surface area contributed by atoms with Gasteiger partial charge in [-0.2, -0.15) is 0 Å². The van der Waals surface area contributed by atoms with Crippen LogP contribution in [0.25, 0.3) is 0 Å². The maximum atomic E-state index is 11.9. The molecule has 0 unspecified atom stereocenters. The van der Waals surface area contributed by atoms with Crippen LogP contribution >= 0.6 is 0 Å². The summed E-state index contributed by atoms with van der Waals surface area (Å²) in [5, 5.41) is 0. The summed E-state index contributed by atoms with van der Waals surface area (Å²) in [4.78, 5) is 23.8. The van der Waals surface area contributed by atoms with Gasteiger partial charge in [0.25, 0.3) is 0 Å². The first-order valence-electron chi connectivity index (χ1n) is 9.64. The summed E-state index contributed by atoms with van der Waals surface area (Å²) in [6, 6.07) is 10.1. The summed E-state index contributed by atoms with van der Waals surface area (Å²) in [6.45, 7) is 5.43. The van der Waals surface area contributed by atoms with Gasteiger partial charge in [0.15, 0.2) is 5.92 Å². The smallest absolute Gasteiger partial charge is 0.320 e. The molecular weight excluding hydrogens is 332 g/mol. The Balaban J connectivity index is 2.09. The second-order valence-corrected chi connectivity index (χ2v) is 6.15. The second kappa shape index (κ2) is 14.3. The average molecular weight is 364 g/mol. The van der Waals surface area contributed by atoms with Crippen LogP contribution < -0.4 is 0 Å². The Kier molecular flexibility index (Phi) is 12.2. The second-order valence-electron chi connectivity index (χ2n) is 6.15. The van der Waals surface area contributed by atoms with E-state index in [1.54, 1.807) is 13.8 Å². The van der Waals surface area contributed by atoms with E-state index in [2.05, 4.69) is 12.1 Å². The van der Waals surface area contributed by atoms with E-state index >= 15 is 0 Å². The van der Waals surface area contributed by atoms with E-state index in [1.807, 2.05) is 18.2 Å². The largest absolute Gasteiger partial charge is 0.465 e. The Hall–Kier alpha value is -1.88. The SMILES string of the molecule is CCOC(=O)C(CCCCCCCOCc1ccccc1)C(=O)OCC. The molecule has 0 aliphatic heterocycles. The normalized spacial score (nSPS) is 10.7. The van der Waals surface area contributed by atoms with Crippen LogP contribution in [0.3, 0.4) is 0 Å². The Labute approximate surface area is 157 Å². The first kappa shape index (κ1) is 22.2. The summed E-state index contributed by atoms with van der Waals surface area (Å²) in [7, 11) is 0. The van der Waals surface area contributed by atoms with Crippen molar-refractivity contribution in [1.29, 1.82) is 0 Å². The van der Waals surface area contributed by atoms with E-state index in [0.717, 1.165) is 38.7 Å². The van der Waals surface area contributed by atoms with Crippen LogP contribution in [0, 0.1) is 5.92 Å². The Morgan fingerprint density at radius 2 is 1.42 bits per heavy atom.